The van der Waals surface area contributed by atoms with Crippen LogP contribution in [-0.2, 0) is 17.6 Å². The molecule has 1 unspecified atom stereocenters. The van der Waals surface area contributed by atoms with E-state index in [1.807, 2.05) is 0 Å². The largest absolute Gasteiger partial charge is 0.478 e. The molecular weight excluding hydrogens is 340 g/mol. The molecular formula is C19H23ClN2O3. The number of rotatable bonds is 7. The van der Waals surface area contributed by atoms with Crippen molar-refractivity contribution < 1.29 is 14.7 Å². The van der Waals surface area contributed by atoms with Crippen LogP contribution in [0.2, 0.25) is 0 Å². The second-order valence-corrected chi connectivity index (χ2v) is 7.16. The van der Waals surface area contributed by atoms with Crippen molar-refractivity contribution in [2.24, 2.45) is 5.73 Å². The zero-order chi connectivity index (χ0) is 18.0. The zero-order valence-corrected chi connectivity index (χ0v) is 14.9. The van der Waals surface area contributed by atoms with Gasteiger partial charge in [-0.05, 0) is 67.7 Å². The fraction of sp³-hybridized carbons (Fsp3) is 0.474. The number of nitrogens with one attached hydrogen (secondary N) is 1. The van der Waals surface area contributed by atoms with Gasteiger partial charge >= 0.3 is 5.97 Å². The molecule has 25 heavy (non-hydrogen) atoms. The van der Waals surface area contributed by atoms with E-state index in [2.05, 4.69) is 4.98 Å². The summed E-state index contributed by atoms with van der Waals surface area (Å²) in [5.74, 6) is -0.967. The van der Waals surface area contributed by atoms with Crippen molar-refractivity contribution >= 4 is 34.4 Å². The number of fused-ring (bicyclic) bond motifs is 3. The van der Waals surface area contributed by atoms with Crippen LogP contribution in [0.4, 0.5) is 0 Å². The van der Waals surface area contributed by atoms with E-state index < -0.39 is 5.97 Å². The third kappa shape index (κ3) is 3.66. The SMILES string of the molecule is NC(=O)CC(CCCCl)c1cc(C(=O)O)cc2c3c([nH]c12)CCCC3. The van der Waals surface area contributed by atoms with Gasteiger partial charge in [-0.3, -0.25) is 4.79 Å². The standard InChI is InChI=1S/C19H23ClN2O3/c20-7-3-4-11(10-17(21)23)14-8-12(19(24)25)9-15-13-5-1-2-6-16(13)22-18(14)15/h8-9,11,22H,1-7,10H2,(H2,21,23)(H,24,25). The van der Waals surface area contributed by atoms with Crippen molar-refractivity contribution in [3.05, 3.63) is 34.5 Å². The average molecular weight is 363 g/mol. The molecule has 1 heterocycles. The predicted molar refractivity (Wildman–Crippen MR) is 98.4 cm³/mol. The van der Waals surface area contributed by atoms with Gasteiger partial charge in [0.1, 0.15) is 0 Å². The number of halogens is 1. The summed E-state index contributed by atoms with van der Waals surface area (Å²) in [4.78, 5) is 26.7. The molecule has 1 aliphatic rings. The second kappa shape index (κ2) is 7.48. The molecule has 0 radical (unpaired) electrons. The van der Waals surface area contributed by atoms with Crippen LogP contribution in [0.25, 0.3) is 10.9 Å². The van der Waals surface area contributed by atoms with Gasteiger partial charge in [0.2, 0.25) is 5.91 Å². The first kappa shape index (κ1) is 17.8. The second-order valence-electron chi connectivity index (χ2n) is 6.78. The van der Waals surface area contributed by atoms with Gasteiger partial charge in [-0.15, -0.1) is 11.6 Å². The molecule has 0 aliphatic heterocycles. The lowest BCUT2D eigenvalue weighted by Gasteiger charge is -2.17. The van der Waals surface area contributed by atoms with Crippen LogP contribution in [0.5, 0.6) is 0 Å². The molecule has 5 nitrogen and oxygen atoms in total. The van der Waals surface area contributed by atoms with Gasteiger partial charge in [0.25, 0.3) is 0 Å². The Morgan fingerprint density at radius 1 is 1.28 bits per heavy atom. The molecule has 134 valence electrons. The Bertz CT molecular complexity index is 813. The van der Waals surface area contributed by atoms with Gasteiger partial charge in [-0.25, -0.2) is 4.79 Å². The number of alkyl halides is 1. The zero-order valence-electron chi connectivity index (χ0n) is 14.1. The summed E-state index contributed by atoms with van der Waals surface area (Å²) < 4.78 is 0. The Hall–Kier alpha value is -2.01. The number of carbonyl (C=O) groups is 2. The third-order valence-corrected chi connectivity index (χ3v) is 5.33. The van der Waals surface area contributed by atoms with Gasteiger partial charge in [0.05, 0.1) is 5.56 Å². The number of H-pyrrole nitrogens is 1. The molecule has 4 N–H and O–H groups in total. The van der Waals surface area contributed by atoms with E-state index in [0.29, 0.717) is 12.3 Å². The Labute approximate surface area is 151 Å². The predicted octanol–water partition coefficient (Wildman–Crippen LogP) is 3.72. The van der Waals surface area contributed by atoms with Crippen LogP contribution in [0.15, 0.2) is 12.1 Å². The first-order chi connectivity index (χ1) is 12.0. The van der Waals surface area contributed by atoms with E-state index in [1.54, 1.807) is 12.1 Å². The first-order valence-corrected chi connectivity index (χ1v) is 9.29. The molecule has 1 aromatic heterocycles. The van der Waals surface area contributed by atoms with E-state index in [4.69, 9.17) is 17.3 Å². The monoisotopic (exact) mass is 362 g/mol. The van der Waals surface area contributed by atoms with Crippen LogP contribution in [-0.4, -0.2) is 27.8 Å². The number of carbonyl (C=O) groups excluding carboxylic acids is 1. The number of aromatic amines is 1. The van der Waals surface area contributed by atoms with Crippen molar-refractivity contribution in [3.63, 3.8) is 0 Å². The number of primary amides is 1. The number of carboxylic acid groups (broad SMARTS) is 1. The Morgan fingerprint density at radius 3 is 2.72 bits per heavy atom. The fourth-order valence-electron chi connectivity index (χ4n) is 3.91. The maximum Gasteiger partial charge on any atom is 0.335 e. The molecule has 1 atom stereocenters. The number of hydrogen-bond acceptors (Lipinski definition) is 2. The van der Waals surface area contributed by atoms with Gasteiger partial charge in [0.15, 0.2) is 0 Å². The first-order valence-electron chi connectivity index (χ1n) is 8.76. The molecule has 0 spiro atoms. The van der Waals surface area contributed by atoms with E-state index in [0.717, 1.165) is 48.6 Å². The maximum atomic E-state index is 11.6. The smallest absolute Gasteiger partial charge is 0.335 e. The van der Waals surface area contributed by atoms with Crippen molar-refractivity contribution in [1.29, 1.82) is 0 Å². The highest BCUT2D eigenvalue weighted by atomic mass is 35.5. The number of aryl methyl sites for hydroxylation is 2. The summed E-state index contributed by atoms with van der Waals surface area (Å²) in [6.45, 7) is 0. The Kier molecular flexibility index (Phi) is 5.33. The summed E-state index contributed by atoms with van der Waals surface area (Å²) in [7, 11) is 0. The van der Waals surface area contributed by atoms with Gasteiger partial charge in [0, 0.05) is 28.9 Å². The summed E-state index contributed by atoms with van der Waals surface area (Å²) in [6, 6.07) is 3.44. The average Bonchev–Trinajstić information content (AvgIpc) is 2.96. The van der Waals surface area contributed by atoms with E-state index in [1.165, 1.54) is 11.3 Å². The van der Waals surface area contributed by atoms with Crippen molar-refractivity contribution in [1.82, 2.24) is 4.98 Å². The van der Waals surface area contributed by atoms with Gasteiger partial charge in [-0.2, -0.15) is 0 Å². The van der Waals surface area contributed by atoms with Crippen LogP contribution < -0.4 is 5.73 Å². The summed E-state index contributed by atoms with van der Waals surface area (Å²) in [6.07, 6.45) is 5.83. The quantitative estimate of drug-likeness (QED) is 0.655. The number of amides is 1. The molecule has 2 aromatic rings. The lowest BCUT2D eigenvalue weighted by Crippen LogP contribution is -2.16. The van der Waals surface area contributed by atoms with E-state index in [-0.39, 0.29) is 23.8 Å². The minimum absolute atomic E-state index is 0.127. The highest BCUT2D eigenvalue weighted by molar-refractivity contribution is 6.17. The van der Waals surface area contributed by atoms with Crippen LogP contribution in [0.1, 0.15) is 65.2 Å². The van der Waals surface area contributed by atoms with Crippen molar-refractivity contribution in [2.75, 3.05) is 5.88 Å². The summed E-state index contributed by atoms with van der Waals surface area (Å²) in [5.41, 5.74) is 9.95. The molecule has 0 bridgehead atoms. The van der Waals surface area contributed by atoms with E-state index in [9.17, 15) is 14.7 Å². The molecule has 0 saturated heterocycles. The number of aromatic nitrogens is 1. The highest BCUT2D eigenvalue weighted by Gasteiger charge is 2.24. The molecule has 1 amide bonds. The molecule has 6 heteroatoms. The van der Waals surface area contributed by atoms with Gasteiger partial charge in [-0.1, -0.05) is 0 Å². The van der Waals surface area contributed by atoms with Crippen LogP contribution in [0.3, 0.4) is 0 Å². The highest BCUT2D eigenvalue weighted by Crippen LogP contribution is 2.37. The summed E-state index contributed by atoms with van der Waals surface area (Å²) in [5, 5.41) is 10.5. The third-order valence-electron chi connectivity index (χ3n) is 5.06. The number of carboxylic acids is 1. The maximum absolute atomic E-state index is 11.6. The molecule has 1 aliphatic carbocycles. The van der Waals surface area contributed by atoms with Crippen molar-refractivity contribution in [2.45, 2.75) is 50.9 Å². The fourth-order valence-corrected chi connectivity index (χ4v) is 4.07. The molecule has 0 saturated carbocycles. The molecule has 3 rings (SSSR count). The normalized spacial score (nSPS) is 15.1. The van der Waals surface area contributed by atoms with Gasteiger partial charge < -0.3 is 15.8 Å². The number of aromatic carboxylic acids is 1. The summed E-state index contributed by atoms with van der Waals surface area (Å²) >= 11 is 5.83. The lowest BCUT2D eigenvalue weighted by molar-refractivity contribution is -0.118. The topological polar surface area (TPSA) is 96.2 Å². The van der Waals surface area contributed by atoms with Crippen LogP contribution >= 0.6 is 11.6 Å². The van der Waals surface area contributed by atoms with E-state index >= 15 is 0 Å². The minimum Gasteiger partial charge on any atom is -0.478 e. The minimum atomic E-state index is -0.955. The van der Waals surface area contributed by atoms with Crippen LogP contribution in [0, 0.1) is 0 Å². The molecule has 1 aromatic carbocycles. The Morgan fingerprint density at radius 2 is 2.04 bits per heavy atom. The molecule has 0 fully saturated rings. The lowest BCUT2D eigenvalue weighted by atomic mass is 9.87. The number of nitrogens with two attached hydrogens (primary N) is 1. The Balaban J connectivity index is 2.17. The number of hydrogen-bond donors (Lipinski definition) is 3. The number of benzene rings is 1. The van der Waals surface area contributed by atoms with Crippen molar-refractivity contribution in [3.8, 4) is 0 Å².